The van der Waals surface area contributed by atoms with E-state index in [1.165, 1.54) is 0 Å². The van der Waals surface area contributed by atoms with Crippen molar-refractivity contribution < 1.29 is 4.79 Å². The first-order chi connectivity index (χ1) is 12.1. The van der Waals surface area contributed by atoms with Gasteiger partial charge in [0.1, 0.15) is 16.8 Å². The number of hydrogen-bond donors (Lipinski definition) is 0. The minimum atomic E-state index is 0.0377. The topological polar surface area (TPSA) is 49.3 Å². The van der Waals surface area contributed by atoms with Gasteiger partial charge in [-0.3, -0.25) is 4.79 Å². The van der Waals surface area contributed by atoms with Gasteiger partial charge in [0.25, 0.3) is 5.91 Å². The van der Waals surface area contributed by atoms with E-state index in [0.29, 0.717) is 34.7 Å². The van der Waals surface area contributed by atoms with Crippen LogP contribution in [0.2, 0.25) is 10.2 Å². The fourth-order valence-electron chi connectivity index (χ4n) is 3.02. The molecule has 0 atom stereocenters. The minimum Gasteiger partial charge on any atom is -0.353 e. The number of rotatable bonds is 3. The molecule has 0 N–H and O–H groups in total. The minimum absolute atomic E-state index is 0.0377. The summed E-state index contributed by atoms with van der Waals surface area (Å²) in [6.45, 7) is 2.78. The van der Waals surface area contributed by atoms with Gasteiger partial charge in [0.15, 0.2) is 0 Å². The van der Waals surface area contributed by atoms with E-state index in [1.54, 1.807) is 24.3 Å². The third-order valence-corrected chi connectivity index (χ3v) is 5.07. The number of hydrogen-bond acceptors (Lipinski definition) is 4. The second-order valence-corrected chi connectivity index (χ2v) is 7.29. The van der Waals surface area contributed by atoms with Gasteiger partial charge in [-0.2, -0.15) is 0 Å². The molecule has 0 unspecified atom stereocenters. The standard InChI is InChI=1S/C18H18Cl2N4O/c19-14-5-3-13(4-6-14)18(25)24-9-7-23(8-10-24)16-11-15(20)21-17(22-16)12-1-2-12/h3-6,11-12H,1-2,7-10H2. The number of anilines is 1. The van der Waals surface area contributed by atoms with Gasteiger partial charge in [0, 0.05) is 48.7 Å². The molecule has 2 aliphatic rings. The average molecular weight is 377 g/mol. The van der Waals surface area contributed by atoms with Gasteiger partial charge >= 0.3 is 0 Å². The highest BCUT2D eigenvalue weighted by Crippen LogP contribution is 2.39. The summed E-state index contributed by atoms with van der Waals surface area (Å²) in [5.74, 6) is 2.21. The molecule has 1 aromatic heterocycles. The van der Waals surface area contributed by atoms with Gasteiger partial charge in [-0.05, 0) is 37.1 Å². The van der Waals surface area contributed by atoms with Gasteiger partial charge in [0.2, 0.25) is 0 Å². The zero-order valence-corrected chi connectivity index (χ0v) is 15.2. The van der Waals surface area contributed by atoms with Crippen molar-refractivity contribution in [3.8, 4) is 0 Å². The maximum Gasteiger partial charge on any atom is 0.253 e. The summed E-state index contributed by atoms with van der Waals surface area (Å²) in [5, 5.41) is 1.13. The van der Waals surface area contributed by atoms with Crippen LogP contribution in [0.25, 0.3) is 0 Å². The number of carbonyl (C=O) groups excluding carboxylic acids is 1. The Labute approximate surface area is 156 Å². The molecule has 1 amide bonds. The number of halogens is 2. The molecule has 5 nitrogen and oxygen atoms in total. The predicted molar refractivity (Wildman–Crippen MR) is 98.6 cm³/mol. The van der Waals surface area contributed by atoms with Crippen molar-refractivity contribution in [1.82, 2.24) is 14.9 Å². The third-order valence-electron chi connectivity index (χ3n) is 4.62. The van der Waals surface area contributed by atoms with Crippen molar-refractivity contribution in [2.75, 3.05) is 31.1 Å². The van der Waals surface area contributed by atoms with E-state index in [1.807, 2.05) is 11.0 Å². The van der Waals surface area contributed by atoms with Crippen LogP contribution in [0.4, 0.5) is 5.82 Å². The Balaban J connectivity index is 1.43. The zero-order valence-electron chi connectivity index (χ0n) is 13.7. The molecule has 1 aliphatic carbocycles. The van der Waals surface area contributed by atoms with Gasteiger partial charge in [-0.25, -0.2) is 9.97 Å². The Hall–Kier alpha value is -1.85. The highest BCUT2D eigenvalue weighted by Gasteiger charge is 2.29. The normalized spacial score (nSPS) is 17.7. The Bertz CT molecular complexity index is 784. The summed E-state index contributed by atoms with van der Waals surface area (Å²) in [6.07, 6.45) is 2.28. The van der Waals surface area contributed by atoms with Crippen molar-refractivity contribution in [1.29, 1.82) is 0 Å². The molecule has 0 radical (unpaired) electrons. The van der Waals surface area contributed by atoms with E-state index in [4.69, 9.17) is 23.2 Å². The van der Waals surface area contributed by atoms with Crippen LogP contribution in [0.5, 0.6) is 0 Å². The average Bonchev–Trinajstić information content (AvgIpc) is 3.47. The van der Waals surface area contributed by atoms with E-state index in [2.05, 4.69) is 14.9 Å². The first-order valence-electron chi connectivity index (χ1n) is 8.44. The van der Waals surface area contributed by atoms with Gasteiger partial charge in [-0.15, -0.1) is 0 Å². The molecule has 2 heterocycles. The van der Waals surface area contributed by atoms with Crippen LogP contribution in [0.1, 0.15) is 34.9 Å². The molecule has 1 aliphatic heterocycles. The van der Waals surface area contributed by atoms with Crippen molar-refractivity contribution >= 4 is 34.9 Å². The lowest BCUT2D eigenvalue weighted by molar-refractivity contribution is 0.0746. The zero-order chi connectivity index (χ0) is 17.4. The van der Waals surface area contributed by atoms with Crippen LogP contribution in [-0.2, 0) is 0 Å². The Kier molecular flexibility index (Phi) is 4.52. The Morgan fingerprint density at radius 3 is 2.32 bits per heavy atom. The number of carbonyl (C=O) groups is 1. The van der Waals surface area contributed by atoms with E-state index in [0.717, 1.165) is 37.6 Å². The lowest BCUT2D eigenvalue weighted by atomic mass is 10.2. The number of aromatic nitrogens is 2. The van der Waals surface area contributed by atoms with E-state index < -0.39 is 0 Å². The third kappa shape index (κ3) is 3.72. The molecule has 2 fully saturated rings. The molecule has 2 aromatic rings. The second kappa shape index (κ2) is 6.81. The molecule has 4 rings (SSSR count). The molecule has 1 saturated carbocycles. The Morgan fingerprint density at radius 2 is 1.68 bits per heavy atom. The summed E-state index contributed by atoms with van der Waals surface area (Å²) in [6, 6.07) is 8.83. The Morgan fingerprint density at radius 1 is 1.00 bits per heavy atom. The van der Waals surface area contributed by atoms with Gasteiger partial charge < -0.3 is 9.80 Å². The molecule has 1 aromatic carbocycles. The van der Waals surface area contributed by atoms with E-state index in [-0.39, 0.29) is 5.91 Å². The lowest BCUT2D eigenvalue weighted by Gasteiger charge is -2.35. The lowest BCUT2D eigenvalue weighted by Crippen LogP contribution is -2.49. The van der Waals surface area contributed by atoms with Crippen LogP contribution >= 0.6 is 23.2 Å². The van der Waals surface area contributed by atoms with Gasteiger partial charge in [-0.1, -0.05) is 23.2 Å². The predicted octanol–water partition coefficient (Wildman–Crippen LogP) is 3.62. The van der Waals surface area contributed by atoms with E-state index in [9.17, 15) is 4.79 Å². The summed E-state index contributed by atoms with van der Waals surface area (Å²) in [5.41, 5.74) is 0.666. The highest BCUT2D eigenvalue weighted by molar-refractivity contribution is 6.30. The first-order valence-corrected chi connectivity index (χ1v) is 9.20. The molecule has 25 heavy (non-hydrogen) atoms. The second-order valence-electron chi connectivity index (χ2n) is 6.47. The van der Waals surface area contributed by atoms with Crippen molar-refractivity contribution in [3.05, 3.63) is 51.9 Å². The summed E-state index contributed by atoms with van der Waals surface area (Å²) >= 11 is 12.0. The molecular weight excluding hydrogens is 359 g/mol. The molecule has 1 saturated heterocycles. The maximum atomic E-state index is 12.6. The number of benzene rings is 1. The molecule has 7 heteroatoms. The van der Waals surface area contributed by atoms with Crippen molar-refractivity contribution in [2.24, 2.45) is 0 Å². The molecule has 0 spiro atoms. The van der Waals surface area contributed by atoms with E-state index >= 15 is 0 Å². The first kappa shape index (κ1) is 16.6. The highest BCUT2D eigenvalue weighted by atomic mass is 35.5. The number of piperazine rings is 1. The largest absolute Gasteiger partial charge is 0.353 e. The molecule has 0 bridgehead atoms. The number of nitrogens with zero attached hydrogens (tertiary/aromatic N) is 4. The fraction of sp³-hybridized carbons (Fsp3) is 0.389. The molecule has 130 valence electrons. The summed E-state index contributed by atoms with van der Waals surface area (Å²) in [4.78, 5) is 25.6. The van der Waals surface area contributed by atoms with Crippen molar-refractivity contribution in [2.45, 2.75) is 18.8 Å². The summed E-state index contributed by atoms with van der Waals surface area (Å²) < 4.78 is 0. The van der Waals surface area contributed by atoms with Crippen LogP contribution in [0, 0.1) is 0 Å². The monoisotopic (exact) mass is 376 g/mol. The van der Waals surface area contributed by atoms with Crippen molar-refractivity contribution in [3.63, 3.8) is 0 Å². The quantitative estimate of drug-likeness (QED) is 0.767. The van der Waals surface area contributed by atoms with Gasteiger partial charge in [0.05, 0.1) is 0 Å². The smallest absolute Gasteiger partial charge is 0.253 e. The molecular formula is C18H18Cl2N4O. The number of amides is 1. The SMILES string of the molecule is O=C(c1ccc(Cl)cc1)N1CCN(c2cc(Cl)nc(C3CC3)n2)CC1. The van der Waals surface area contributed by atoms with Crippen LogP contribution in [0.3, 0.4) is 0 Å². The van der Waals surface area contributed by atoms with Crippen LogP contribution in [0.15, 0.2) is 30.3 Å². The van der Waals surface area contributed by atoms with Crippen LogP contribution in [-0.4, -0.2) is 47.0 Å². The maximum absolute atomic E-state index is 12.6. The fourth-order valence-corrected chi connectivity index (χ4v) is 3.33. The summed E-state index contributed by atoms with van der Waals surface area (Å²) in [7, 11) is 0. The van der Waals surface area contributed by atoms with Crippen LogP contribution < -0.4 is 4.90 Å².